The summed E-state index contributed by atoms with van der Waals surface area (Å²) in [6.07, 6.45) is 0. The standard InChI is InChI=1S/C10H8BrFN2/c1-7(11)6-14-10-3-2-8(5-13)4-9(10)12/h2-4,14H,1,6H2. The Balaban J connectivity index is 2.80. The summed E-state index contributed by atoms with van der Waals surface area (Å²) in [4.78, 5) is 0. The smallest absolute Gasteiger partial charge is 0.147 e. The second kappa shape index (κ2) is 4.77. The van der Waals surface area contributed by atoms with Gasteiger partial charge in [0.2, 0.25) is 0 Å². The molecule has 0 heterocycles. The lowest BCUT2D eigenvalue weighted by molar-refractivity contribution is 0.630. The number of halogens is 2. The van der Waals surface area contributed by atoms with Crippen LogP contribution in [0, 0.1) is 17.1 Å². The minimum atomic E-state index is -0.433. The lowest BCUT2D eigenvalue weighted by Gasteiger charge is -2.05. The first kappa shape index (κ1) is 10.7. The second-order valence-corrected chi connectivity index (χ2v) is 3.80. The van der Waals surface area contributed by atoms with Crippen molar-refractivity contribution in [2.24, 2.45) is 0 Å². The van der Waals surface area contributed by atoms with Gasteiger partial charge in [-0.2, -0.15) is 5.26 Å². The molecule has 0 aliphatic heterocycles. The highest BCUT2D eigenvalue weighted by Gasteiger charge is 2.02. The minimum Gasteiger partial charge on any atom is -0.378 e. The highest BCUT2D eigenvalue weighted by molar-refractivity contribution is 9.11. The zero-order chi connectivity index (χ0) is 10.6. The summed E-state index contributed by atoms with van der Waals surface area (Å²) in [5.41, 5.74) is 0.676. The zero-order valence-electron chi connectivity index (χ0n) is 7.35. The molecule has 0 atom stereocenters. The molecule has 0 saturated carbocycles. The first-order valence-corrected chi connectivity index (χ1v) is 4.69. The van der Waals surface area contributed by atoms with Crippen molar-refractivity contribution in [3.63, 3.8) is 0 Å². The van der Waals surface area contributed by atoms with Gasteiger partial charge >= 0.3 is 0 Å². The van der Waals surface area contributed by atoms with Gasteiger partial charge in [-0.15, -0.1) is 0 Å². The van der Waals surface area contributed by atoms with Crippen molar-refractivity contribution in [2.75, 3.05) is 11.9 Å². The molecule has 4 heteroatoms. The van der Waals surface area contributed by atoms with Crippen molar-refractivity contribution >= 4 is 21.6 Å². The second-order valence-electron chi connectivity index (χ2n) is 2.68. The van der Waals surface area contributed by atoms with Crippen LogP contribution >= 0.6 is 15.9 Å². The topological polar surface area (TPSA) is 35.8 Å². The van der Waals surface area contributed by atoms with Crippen molar-refractivity contribution in [2.45, 2.75) is 0 Å². The highest BCUT2D eigenvalue weighted by atomic mass is 79.9. The molecule has 1 N–H and O–H groups in total. The van der Waals surface area contributed by atoms with E-state index in [2.05, 4.69) is 27.8 Å². The summed E-state index contributed by atoms with van der Waals surface area (Å²) in [5, 5.41) is 11.3. The maximum absolute atomic E-state index is 13.2. The van der Waals surface area contributed by atoms with Crippen LogP contribution < -0.4 is 5.32 Å². The first-order valence-electron chi connectivity index (χ1n) is 3.90. The van der Waals surface area contributed by atoms with Crippen LogP contribution in [-0.4, -0.2) is 6.54 Å². The number of rotatable bonds is 3. The predicted octanol–water partition coefficient (Wildman–Crippen LogP) is 3.02. The fourth-order valence-electron chi connectivity index (χ4n) is 0.919. The van der Waals surface area contributed by atoms with E-state index in [-0.39, 0.29) is 0 Å². The van der Waals surface area contributed by atoms with E-state index in [0.717, 1.165) is 4.48 Å². The van der Waals surface area contributed by atoms with Gasteiger partial charge in [-0.1, -0.05) is 22.5 Å². The SMILES string of the molecule is C=C(Br)CNc1ccc(C#N)cc1F. The van der Waals surface area contributed by atoms with Crippen LogP contribution in [-0.2, 0) is 0 Å². The summed E-state index contributed by atoms with van der Waals surface area (Å²) in [6, 6.07) is 6.15. The molecule has 0 fully saturated rings. The van der Waals surface area contributed by atoms with Crippen LogP contribution in [0.2, 0.25) is 0 Å². The van der Waals surface area contributed by atoms with Crippen LogP contribution in [0.5, 0.6) is 0 Å². The summed E-state index contributed by atoms with van der Waals surface area (Å²) in [6.45, 7) is 4.06. The van der Waals surface area contributed by atoms with Crippen LogP contribution in [0.25, 0.3) is 0 Å². The molecule has 0 aromatic heterocycles. The van der Waals surface area contributed by atoms with Crippen molar-refractivity contribution in [3.05, 3.63) is 40.6 Å². The molecule has 1 aromatic carbocycles. The van der Waals surface area contributed by atoms with E-state index >= 15 is 0 Å². The van der Waals surface area contributed by atoms with Crippen LogP contribution in [0.3, 0.4) is 0 Å². The average molecular weight is 255 g/mol. The molecule has 0 unspecified atom stereocenters. The van der Waals surface area contributed by atoms with Gasteiger partial charge < -0.3 is 5.32 Å². The van der Waals surface area contributed by atoms with E-state index in [0.29, 0.717) is 17.8 Å². The van der Waals surface area contributed by atoms with E-state index in [1.807, 2.05) is 6.07 Å². The van der Waals surface area contributed by atoms with E-state index < -0.39 is 5.82 Å². The fourth-order valence-corrected chi connectivity index (χ4v) is 1.06. The molecule has 72 valence electrons. The zero-order valence-corrected chi connectivity index (χ0v) is 8.94. The van der Waals surface area contributed by atoms with Gasteiger partial charge in [0.25, 0.3) is 0 Å². The summed E-state index contributed by atoms with van der Waals surface area (Å²) < 4.78 is 14.0. The molecule has 14 heavy (non-hydrogen) atoms. The van der Waals surface area contributed by atoms with Crippen molar-refractivity contribution in [3.8, 4) is 6.07 Å². The Morgan fingerprint density at radius 1 is 1.64 bits per heavy atom. The van der Waals surface area contributed by atoms with Crippen LogP contribution in [0.15, 0.2) is 29.3 Å². The van der Waals surface area contributed by atoms with Gasteiger partial charge in [-0.3, -0.25) is 0 Å². The molecule has 0 bridgehead atoms. The first-order chi connectivity index (χ1) is 6.63. The maximum Gasteiger partial charge on any atom is 0.147 e. The van der Waals surface area contributed by atoms with Gasteiger partial charge in [0.1, 0.15) is 5.82 Å². The number of nitriles is 1. The number of hydrogen-bond acceptors (Lipinski definition) is 2. The van der Waals surface area contributed by atoms with E-state index in [9.17, 15) is 4.39 Å². The summed E-state index contributed by atoms with van der Waals surface area (Å²) in [7, 11) is 0. The largest absolute Gasteiger partial charge is 0.378 e. The monoisotopic (exact) mass is 254 g/mol. The Bertz CT molecular complexity index is 396. The molecule has 0 radical (unpaired) electrons. The van der Waals surface area contributed by atoms with Crippen molar-refractivity contribution in [1.82, 2.24) is 0 Å². The molecule has 0 amide bonds. The number of anilines is 1. The summed E-state index contributed by atoms with van der Waals surface area (Å²) >= 11 is 3.15. The van der Waals surface area contributed by atoms with Crippen LogP contribution in [0.1, 0.15) is 5.56 Å². The normalized spacial score (nSPS) is 9.21. The van der Waals surface area contributed by atoms with Crippen LogP contribution in [0.4, 0.5) is 10.1 Å². The Morgan fingerprint density at radius 3 is 2.86 bits per heavy atom. The van der Waals surface area contributed by atoms with E-state index in [4.69, 9.17) is 5.26 Å². The van der Waals surface area contributed by atoms with E-state index in [1.54, 1.807) is 6.07 Å². The molecular formula is C10H8BrFN2. The average Bonchev–Trinajstić information content (AvgIpc) is 2.15. The van der Waals surface area contributed by atoms with Gasteiger partial charge in [0.15, 0.2) is 0 Å². The number of benzene rings is 1. The quantitative estimate of drug-likeness (QED) is 0.901. The Morgan fingerprint density at radius 2 is 2.36 bits per heavy atom. The number of nitrogens with zero attached hydrogens (tertiary/aromatic N) is 1. The van der Waals surface area contributed by atoms with Gasteiger partial charge in [-0.05, 0) is 18.2 Å². The van der Waals surface area contributed by atoms with Gasteiger partial charge in [0.05, 0.1) is 17.3 Å². The minimum absolute atomic E-state index is 0.311. The molecule has 1 aromatic rings. The molecule has 0 aliphatic rings. The highest BCUT2D eigenvalue weighted by Crippen LogP contribution is 2.16. The van der Waals surface area contributed by atoms with E-state index in [1.165, 1.54) is 12.1 Å². The third-order valence-electron chi connectivity index (χ3n) is 1.57. The van der Waals surface area contributed by atoms with Gasteiger partial charge in [0, 0.05) is 11.0 Å². The predicted molar refractivity (Wildman–Crippen MR) is 57.7 cm³/mol. The van der Waals surface area contributed by atoms with Gasteiger partial charge in [-0.25, -0.2) is 4.39 Å². The number of nitrogens with one attached hydrogen (secondary N) is 1. The Hall–Kier alpha value is -1.34. The third-order valence-corrected chi connectivity index (χ3v) is 1.85. The molecular weight excluding hydrogens is 247 g/mol. The Kier molecular flexibility index (Phi) is 3.66. The third kappa shape index (κ3) is 2.86. The van der Waals surface area contributed by atoms with Crippen molar-refractivity contribution < 1.29 is 4.39 Å². The lowest BCUT2D eigenvalue weighted by Crippen LogP contribution is -2.02. The number of hydrogen-bond donors (Lipinski definition) is 1. The molecule has 0 spiro atoms. The molecule has 1 rings (SSSR count). The lowest BCUT2D eigenvalue weighted by atomic mass is 10.2. The summed E-state index contributed by atoms with van der Waals surface area (Å²) in [5.74, 6) is -0.433. The molecule has 0 saturated heterocycles. The molecule has 2 nitrogen and oxygen atoms in total. The van der Waals surface area contributed by atoms with Crippen molar-refractivity contribution in [1.29, 1.82) is 5.26 Å². The maximum atomic E-state index is 13.2. The molecule has 0 aliphatic carbocycles. The Labute approximate surface area is 90.2 Å². The fraction of sp³-hybridized carbons (Fsp3) is 0.100.